The van der Waals surface area contributed by atoms with Gasteiger partial charge in [-0.2, -0.15) is 13.2 Å². The first kappa shape index (κ1) is 23.2. The maximum atomic E-state index is 12.1. The molecule has 2 aliphatic rings. The van der Waals surface area contributed by atoms with E-state index in [4.69, 9.17) is 15.6 Å². The molecular weight excluding hydrogens is 371 g/mol. The summed E-state index contributed by atoms with van der Waals surface area (Å²) in [4.78, 5) is 34.3. The highest BCUT2D eigenvalue weighted by Crippen LogP contribution is 2.29. The SMILES string of the molecule is CC1(C)CN(C(=O)C(O)C(N)C[C@@H]2CCCNC2=O)C1.O=C(O)C(F)(F)F. The van der Waals surface area contributed by atoms with Crippen LogP contribution in [0.1, 0.15) is 33.1 Å². The summed E-state index contributed by atoms with van der Waals surface area (Å²) < 4.78 is 31.7. The van der Waals surface area contributed by atoms with Crippen molar-refractivity contribution in [3.05, 3.63) is 0 Å². The lowest BCUT2D eigenvalue weighted by Crippen LogP contribution is -2.60. The van der Waals surface area contributed by atoms with Gasteiger partial charge in [-0.25, -0.2) is 4.79 Å². The molecule has 0 bridgehead atoms. The zero-order valence-electron chi connectivity index (χ0n) is 15.3. The molecule has 2 amide bonds. The van der Waals surface area contributed by atoms with Crippen LogP contribution in [0.4, 0.5) is 13.2 Å². The minimum Gasteiger partial charge on any atom is -0.475 e. The number of rotatable bonds is 4. The summed E-state index contributed by atoms with van der Waals surface area (Å²) in [6.45, 7) is 6.17. The summed E-state index contributed by atoms with van der Waals surface area (Å²) in [5, 5.41) is 20.0. The van der Waals surface area contributed by atoms with Gasteiger partial charge in [0.15, 0.2) is 0 Å². The number of nitrogens with zero attached hydrogens (tertiary/aromatic N) is 1. The fourth-order valence-corrected chi connectivity index (χ4v) is 3.03. The molecule has 5 N–H and O–H groups in total. The number of carboxylic acid groups (broad SMARTS) is 1. The third kappa shape index (κ3) is 6.98. The van der Waals surface area contributed by atoms with Crippen LogP contribution in [-0.4, -0.2) is 70.9 Å². The molecule has 2 fully saturated rings. The van der Waals surface area contributed by atoms with E-state index in [1.54, 1.807) is 4.90 Å². The number of halogens is 3. The summed E-state index contributed by atoms with van der Waals surface area (Å²) >= 11 is 0. The maximum Gasteiger partial charge on any atom is 0.490 e. The van der Waals surface area contributed by atoms with Crippen molar-refractivity contribution in [3.8, 4) is 0 Å². The zero-order chi connectivity index (χ0) is 21.0. The minimum absolute atomic E-state index is 0.0172. The van der Waals surface area contributed by atoms with Gasteiger partial charge >= 0.3 is 12.1 Å². The molecule has 0 aromatic rings. The number of carbonyl (C=O) groups excluding carboxylic acids is 2. The second kappa shape index (κ2) is 8.87. The van der Waals surface area contributed by atoms with Gasteiger partial charge in [0, 0.05) is 31.6 Å². The van der Waals surface area contributed by atoms with Crippen molar-refractivity contribution < 1.29 is 37.8 Å². The molecule has 3 atom stereocenters. The van der Waals surface area contributed by atoms with Crippen molar-refractivity contribution in [2.24, 2.45) is 17.1 Å². The number of hydrogen-bond acceptors (Lipinski definition) is 5. The number of piperidine rings is 1. The normalized spacial score (nSPS) is 23.9. The lowest BCUT2D eigenvalue weighted by molar-refractivity contribution is -0.192. The van der Waals surface area contributed by atoms with Crippen molar-refractivity contribution >= 4 is 17.8 Å². The minimum atomic E-state index is -5.08. The number of aliphatic hydroxyl groups is 1. The van der Waals surface area contributed by atoms with E-state index < -0.39 is 24.3 Å². The highest BCUT2D eigenvalue weighted by molar-refractivity contribution is 5.83. The zero-order valence-corrected chi connectivity index (χ0v) is 15.3. The number of aliphatic carboxylic acids is 1. The van der Waals surface area contributed by atoms with Gasteiger partial charge in [-0.1, -0.05) is 13.8 Å². The Bertz CT molecular complexity index is 560. The van der Waals surface area contributed by atoms with Crippen molar-refractivity contribution in [2.75, 3.05) is 19.6 Å². The third-order valence-corrected chi connectivity index (χ3v) is 4.41. The summed E-state index contributed by atoms with van der Waals surface area (Å²) in [6.07, 6.45) is -4.23. The molecule has 2 rings (SSSR count). The molecule has 0 aromatic carbocycles. The molecule has 0 radical (unpaired) electrons. The Labute approximate surface area is 154 Å². The number of carboxylic acids is 1. The molecule has 0 saturated carbocycles. The molecule has 156 valence electrons. The first-order valence-electron chi connectivity index (χ1n) is 8.55. The van der Waals surface area contributed by atoms with Crippen LogP contribution in [0.15, 0.2) is 0 Å². The van der Waals surface area contributed by atoms with Crippen LogP contribution in [0.25, 0.3) is 0 Å². The Morgan fingerprint density at radius 2 is 1.89 bits per heavy atom. The second-order valence-corrected chi connectivity index (χ2v) is 7.64. The second-order valence-electron chi connectivity index (χ2n) is 7.64. The fourth-order valence-electron chi connectivity index (χ4n) is 3.03. The van der Waals surface area contributed by atoms with E-state index in [0.717, 1.165) is 12.8 Å². The molecular formula is C16H26F3N3O5. The number of likely N-dealkylation sites (tertiary alicyclic amines) is 1. The smallest absolute Gasteiger partial charge is 0.475 e. The van der Waals surface area contributed by atoms with Crippen molar-refractivity contribution in [1.29, 1.82) is 0 Å². The Kier molecular flexibility index (Phi) is 7.61. The van der Waals surface area contributed by atoms with Gasteiger partial charge < -0.3 is 26.2 Å². The average molecular weight is 397 g/mol. The van der Waals surface area contributed by atoms with Crippen molar-refractivity contribution in [1.82, 2.24) is 10.2 Å². The van der Waals surface area contributed by atoms with E-state index >= 15 is 0 Å². The fraction of sp³-hybridized carbons (Fsp3) is 0.812. The molecule has 0 spiro atoms. The third-order valence-electron chi connectivity index (χ3n) is 4.41. The van der Waals surface area contributed by atoms with Gasteiger partial charge in [-0.3, -0.25) is 9.59 Å². The number of nitrogens with one attached hydrogen (secondary N) is 1. The highest BCUT2D eigenvalue weighted by atomic mass is 19.4. The van der Waals surface area contributed by atoms with Gasteiger partial charge in [-0.05, 0) is 24.7 Å². The van der Waals surface area contributed by atoms with Gasteiger partial charge in [0.1, 0.15) is 6.10 Å². The predicted octanol–water partition coefficient (Wildman–Crippen LogP) is 0.0926. The predicted molar refractivity (Wildman–Crippen MR) is 88.4 cm³/mol. The van der Waals surface area contributed by atoms with Crippen molar-refractivity contribution in [2.45, 2.75) is 51.4 Å². The van der Waals surface area contributed by atoms with E-state index in [1.807, 2.05) is 0 Å². The van der Waals surface area contributed by atoms with Crippen LogP contribution in [0.3, 0.4) is 0 Å². The van der Waals surface area contributed by atoms with Crippen LogP contribution < -0.4 is 11.1 Å². The van der Waals surface area contributed by atoms with E-state index in [1.165, 1.54) is 0 Å². The average Bonchev–Trinajstić information content (AvgIpc) is 2.53. The molecule has 0 aromatic heterocycles. The molecule has 2 heterocycles. The lowest BCUT2D eigenvalue weighted by Gasteiger charge is -2.47. The number of amides is 2. The Morgan fingerprint density at radius 3 is 2.30 bits per heavy atom. The molecule has 2 unspecified atom stereocenters. The largest absolute Gasteiger partial charge is 0.490 e. The lowest BCUT2D eigenvalue weighted by atomic mass is 9.83. The van der Waals surface area contributed by atoms with Crippen molar-refractivity contribution in [3.63, 3.8) is 0 Å². The van der Waals surface area contributed by atoms with Crippen LogP contribution in [0, 0.1) is 11.3 Å². The van der Waals surface area contributed by atoms with Gasteiger partial charge in [0.25, 0.3) is 5.91 Å². The standard InChI is InChI=1S/C14H25N3O3.C2HF3O2/c1-14(2)7-17(8-14)13(20)11(18)10(15)6-9-4-3-5-16-12(9)19;3-2(4,5)1(6)7/h9-11,18H,3-8,15H2,1-2H3,(H,16,19);(H,6,7)/t9-,10?,11?;/m0./s1. The highest BCUT2D eigenvalue weighted by Gasteiger charge is 2.41. The molecule has 8 nitrogen and oxygen atoms in total. The number of carbonyl (C=O) groups is 3. The Balaban J connectivity index is 0.000000445. The summed E-state index contributed by atoms with van der Waals surface area (Å²) in [7, 11) is 0. The van der Waals surface area contributed by atoms with Crippen LogP contribution in [-0.2, 0) is 14.4 Å². The molecule has 0 aliphatic carbocycles. The van der Waals surface area contributed by atoms with Crippen LogP contribution >= 0.6 is 0 Å². The maximum absolute atomic E-state index is 12.1. The summed E-state index contributed by atoms with van der Waals surface area (Å²) in [5.74, 6) is -3.27. The van der Waals surface area contributed by atoms with E-state index in [2.05, 4.69) is 19.2 Å². The summed E-state index contributed by atoms with van der Waals surface area (Å²) in [6, 6.07) is -0.680. The van der Waals surface area contributed by atoms with Gasteiger partial charge in [-0.15, -0.1) is 0 Å². The molecule has 2 aliphatic heterocycles. The Hall–Kier alpha value is -1.88. The van der Waals surface area contributed by atoms with Gasteiger partial charge in [0.2, 0.25) is 5.91 Å². The quantitative estimate of drug-likeness (QED) is 0.532. The first-order chi connectivity index (χ1) is 12.2. The Morgan fingerprint density at radius 1 is 1.37 bits per heavy atom. The molecule has 11 heteroatoms. The number of nitrogens with two attached hydrogens (primary N) is 1. The van der Waals surface area contributed by atoms with Gasteiger partial charge in [0.05, 0.1) is 0 Å². The first-order valence-corrected chi connectivity index (χ1v) is 8.55. The van der Waals surface area contributed by atoms with Crippen LogP contribution in [0.2, 0.25) is 0 Å². The van der Waals surface area contributed by atoms with E-state index in [9.17, 15) is 27.9 Å². The van der Waals surface area contributed by atoms with Crippen LogP contribution in [0.5, 0.6) is 0 Å². The summed E-state index contributed by atoms with van der Waals surface area (Å²) in [5.41, 5.74) is 6.05. The van der Waals surface area contributed by atoms with E-state index in [-0.39, 0.29) is 23.1 Å². The number of alkyl halides is 3. The number of hydrogen-bond donors (Lipinski definition) is 4. The topological polar surface area (TPSA) is 133 Å². The monoisotopic (exact) mass is 397 g/mol. The number of aliphatic hydroxyl groups excluding tert-OH is 1. The van der Waals surface area contributed by atoms with E-state index in [0.29, 0.717) is 26.1 Å². The molecule has 2 saturated heterocycles. The molecule has 27 heavy (non-hydrogen) atoms.